The van der Waals surface area contributed by atoms with Crippen LogP contribution in [0.1, 0.15) is 15.5 Å². The van der Waals surface area contributed by atoms with Crippen LogP contribution in [0.2, 0.25) is 5.02 Å². The van der Waals surface area contributed by atoms with Crippen LogP contribution in [0.25, 0.3) is 0 Å². The first-order valence-corrected chi connectivity index (χ1v) is 8.82. The number of rotatable bonds is 3. The van der Waals surface area contributed by atoms with Gasteiger partial charge in [0.1, 0.15) is 10.6 Å². The molecule has 2 aromatic rings. The largest absolute Gasteiger partial charge is 0.321 e. The number of carbonyl (C=O) groups is 1. The maximum atomic E-state index is 11.9. The van der Waals surface area contributed by atoms with Crippen LogP contribution in [-0.4, -0.2) is 19.3 Å². The monoisotopic (exact) mass is 350 g/mol. The van der Waals surface area contributed by atoms with Crippen molar-refractivity contribution in [3.63, 3.8) is 0 Å². The number of carbonyl (C=O) groups excluding carboxylic acids is 1. The lowest BCUT2D eigenvalue weighted by molar-refractivity contribution is 0.102. The van der Waals surface area contributed by atoms with Gasteiger partial charge in [-0.3, -0.25) is 4.79 Å². The molecule has 1 aromatic heterocycles. The summed E-state index contributed by atoms with van der Waals surface area (Å²) < 4.78 is 22.4. The number of nitrogens with zero attached hydrogens (tertiary/aromatic N) is 1. The summed E-state index contributed by atoms with van der Waals surface area (Å²) in [6.45, 7) is 1.79. The van der Waals surface area contributed by atoms with Crippen molar-refractivity contribution in [1.82, 2.24) is 4.98 Å². The first-order chi connectivity index (χ1) is 9.27. The lowest BCUT2D eigenvalue weighted by Gasteiger charge is -2.06. The molecule has 0 unspecified atom stereocenters. The highest BCUT2D eigenvalue weighted by Crippen LogP contribution is 2.27. The fourth-order valence-electron chi connectivity index (χ4n) is 1.44. The molecule has 20 heavy (non-hydrogen) atoms. The number of hydrogen-bond acceptors (Lipinski definition) is 5. The van der Waals surface area contributed by atoms with Gasteiger partial charge >= 0.3 is 0 Å². The predicted molar refractivity (Wildman–Crippen MR) is 79.3 cm³/mol. The summed E-state index contributed by atoms with van der Waals surface area (Å²) in [6.07, 6.45) is 0. The summed E-state index contributed by atoms with van der Waals surface area (Å²) >= 11 is 7.18. The second-order valence-corrected chi connectivity index (χ2v) is 7.79. The van der Waals surface area contributed by atoms with Crippen molar-refractivity contribution in [3.05, 3.63) is 39.3 Å². The van der Waals surface area contributed by atoms with E-state index < -0.39 is 15.0 Å². The fraction of sp³-hybridized carbons (Fsp3) is 0.0909. The van der Waals surface area contributed by atoms with Crippen LogP contribution >= 0.6 is 33.6 Å². The highest BCUT2D eigenvalue weighted by Gasteiger charge is 2.16. The maximum Gasteiger partial charge on any atom is 0.275 e. The number of nitrogens with one attached hydrogen (secondary N) is 1. The van der Waals surface area contributed by atoms with Gasteiger partial charge in [-0.15, -0.1) is 11.3 Å². The van der Waals surface area contributed by atoms with E-state index in [1.165, 1.54) is 29.5 Å². The zero-order chi connectivity index (χ0) is 14.9. The maximum absolute atomic E-state index is 11.9. The summed E-state index contributed by atoms with van der Waals surface area (Å²) in [5.74, 6) is -0.396. The Balaban J connectivity index is 2.23. The molecule has 0 spiro atoms. The molecular formula is C11H8Cl2N2O3S2. The van der Waals surface area contributed by atoms with Crippen LogP contribution in [0.5, 0.6) is 0 Å². The average molecular weight is 351 g/mol. The van der Waals surface area contributed by atoms with Crippen molar-refractivity contribution >= 4 is 54.3 Å². The van der Waals surface area contributed by atoms with Crippen LogP contribution in [0.4, 0.5) is 5.69 Å². The SMILES string of the molecule is Cc1nc(C(=O)Nc2ccc(S(=O)(=O)Cl)c(Cl)c2)cs1. The van der Waals surface area contributed by atoms with Gasteiger partial charge in [0, 0.05) is 21.7 Å². The molecule has 106 valence electrons. The van der Waals surface area contributed by atoms with E-state index in [1.807, 2.05) is 0 Å². The van der Waals surface area contributed by atoms with Crippen molar-refractivity contribution in [2.75, 3.05) is 5.32 Å². The number of thiazole rings is 1. The number of benzene rings is 1. The normalized spacial score (nSPS) is 11.3. The molecule has 0 aliphatic heterocycles. The molecule has 0 aliphatic rings. The summed E-state index contributed by atoms with van der Waals surface area (Å²) in [4.78, 5) is 15.7. The quantitative estimate of drug-likeness (QED) is 0.861. The van der Waals surface area contributed by atoms with E-state index >= 15 is 0 Å². The summed E-state index contributed by atoms with van der Waals surface area (Å²) in [5, 5.41) is 4.91. The third-order valence-electron chi connectivity index (χ3n) is 2.30. The topological polar surface area (TPSA) is 76.1 Å². The number of hydrogen-bond donors (Lipinski definition) is 1. The van der Waals surface area contributed by atoms with E-state index in [1.54, 1.807) is 12.3 Å². The minimum atomic E-state index is -3.91. The van der Waals surface area contributed by atoms with E-state index in [-0.39, 0.29) is 15.6 Å². The Morgan fingerprint density at radius 1 is 1.40 bits per heavy atom. The van der Waals surface area contributed by atoms with Crippen LogP contribution in [0.15, 0.2) is 28.5 Å². The van der Waals surface area contributed by atoms with Gasteiger partial charge in [0.05, 0.1) is 10.0 Å². The average Bonchev–Trinajstić information content (AvgIpc) is 2.74. The fourth-order valence-corrected chi connectivity index (χ4v) is 3.56. The van der Waals surface area contributed by atoms with Gasteiger partial charge in [0.25, 0.3) is 15.0 Å². The second kappa shape index (κ2) is 5.69. The number of halogens is 2. The van der Waals surface area contributed by atoms with Crippen LogP contribution in [0.3, 0.4) is 0 Å². The number of aryl methyl sites for hydroxylation is 1. The molecule has 1 heterocycles. The van der Waals surface area contributed by atoms with Crippen LogP contribution < -0.4 is 5.32 Å². The van der Waals surface area contributed by atoms with Gasteiger partial charge in [-0.25, -0.2) is 13.4 Å². The molecule has 0 radical (unpaired) electrons. The molecule has 0 bridgehead atoms. The predicted octanol–water partition coefficient (Wildman–Crippen LogP) is 3.28. The molecule has 1 amide bonds. The number of anilines is 1. The molecule has 0 atom stereocenters. The molecule has 1 aromatic carbocycles. The first-order valence-electron chi connectivity index (χ1n) is 5.25. The Bertz CT molecular complexity index is 772. The van der Waals surface area contributed by atoms with Crippen LogP contribution in [-0.2, 0) is 9.05 Å². The number of aromatic nitrogens is 1. The Labute approximate surface area is 129 Å². The molecule has 1 N–H and O–H groups in total. The Hall–Kier alpha value is -1.15. The molecular weight excluding hydrogens is 343 g/mol. The molecule has 2 rings (SSSR count). The van der Waals surface area contributed by atoms with Gasteiger partial charge in [-0.05, 0) is 25.1 Å². The lowest BCUT2D eigenvalue weighted by Crippen LogP contribution is -2.12. The molecule has 0 saturated heterocycles. The summed E-state index contributed by atoms with van der Waals surface area (Å²) in [5.41, 5.74) is 0.646. The molecule has 9 heteroatoms. The van der Waals surface area contributed by atoms with E-state index in [0.29, 0.717) is 5.69 Å². The summed E-state index contributed by atoms with van der Waals surface area (Å²) in [6, 6.07) is 3.94. The van der Waals surface area contributed by atoms with Gasteiger partial charge in [0.2, 0.25) is 0 Å². The zero-order valence-corrected chi connectivity index (χ0v) is 13.2. The van der Waals surface area contributed by atoms with Crippen molar-refractivity contribution in [2.24, 2.45) is 0 Å². The van der Waals surface area contributed by atoms with E-state index in [0.717, 1.165) is 5.01 Å². The van der Waals surface area contributed by atoms with Crippen molar-refractivity contribution in [3.8, 4) is 0 Å². The van der Waals surface area contributed by atoms with Gasteiger partial charge < -0.3 is 5.32 Å². The van der Waals surface area contributed by atoms with Gasteiger partial charge in [-0.2, -0.15) is 0 Å². The highest BCUT2D eigenvalue weighted by atomic mass is 35.7. The Morgan fingerprint density at radius 2 is 2.10 bits per heavy atom. The minimum Gasteiger partial charge on any atom is -0.321 e. The zero-order valence-electron chi connectivity index (χ0n) is 10.1. The van der Waals surface area contributed by atoms with Gasteiger partial charge in [-0.1, -0.05) is 11.6 Å². The van der Waals surface area contributed by atoms with Crippen molar-refractivity contribution in [2.45, 2.75) is 11.8 Å². The summed E-state index contributed by atoms with van der Waals surface area (Å²) in [7, 11) is 1.30. The standard InChI is InChI=1S/C11H8Cl2N2O3S2/c1-6-14-9(5-19-6)11(16)15-7-2-3-10(8(12)4-7)20(13,17)18/h2-5H,1H3,(H,15,16). The highest BCUT2D eigenvalue weighted by molar-refractivity contribution is 8.13. The third kappa shape index (κ3) is 3.49. The molecule has 5 nitrogen and oxygen atoms in total. The van der Waals surface area contributed by atoms with Gasteiger partial charge in [0.15, 0.2) is 0 Å². The second-order valence-electron chi connectivity index (χ2n) is 3.79. The van der Waals surface area contributed by atoms with Crippen molar-refractivity contribution < 1.29 is 13.2 Å². The lowest BCUT2D eigenvalue weighted by atomic mass is 10.3. The van der Waals surface area contributed by atoms with E-state index in [2.05, 4.69) is 10.3 Å². The molecule has 0 aliphatic carbocycles. The first kappa shape index (κ1) is 15.2. The van der Waals surface area contributed by atoms with Crippen LogP contribution in [0, 0.1) is 6.92 Å². The number of amides is 1. The Morgan fingerprint density at radius 3 is 2.60 bits per heavy atom. The molecule has 0 saturated carbocycles. The third-order valence-corrected chi connectivity index (χ3v) is 4.88. The smallest absolute Gasteiger partial charge is 0.275 e. The van der Waals surface area contributed by atoms with E-state index in [4.69, 9.17) is 22.3 Å². The molecule has 0 fully saturated rings. The van der Waals surface area contributed by atoms with E-state index in [9.17, 15) is 13.2 Å². The minimum absolute atomic E-state index is 0.0627. The van der Waals surface area contributed by atoms with Crippen molar-refractivity contribution in [1.29, 1.82) is 0 Å². The Kier molecular flexibility index (Phi) is 4.33.